The van der Waals surface area contributed by atoms with Crippen LogP contribution in [0.2, 0.25) is 0 Å². The van der Waals surface area contributed by atoms with Gasteiger partial charge in [0, 0.05) is 24.4 Å². The first-order valence-electron chi connectivity index (χ1n) is 10.3. The molecular weight excluding hydrogens is 413 g/mol. The van der Waals surface area contributed by atoms with E-state index in [1.54, 1.807) is 37.6 Å². The number of benzene rings is 2. The lowest BCUT2D eigenvalue weighted by Crippen LogP contribution is -2.54. The molecule has 0 fully saturated rings. The molecule has 0 radical (unpaired) electrons. The first-order valence-corrected chi connectivity index (χ1v) is 10.3. The monoisotopic (exact) mass is 439 g/mol. The van der Waals surface area contributed by atoms with Gasteiger partial charge in [-0.3, -0.25) is 9.59 Å². The fraction of sp³-hybridized carbons (Fsp3) is 0.292. The summed E-state index contributed by atoms with van der Waals surface area (Å²) in [5, 5.41) is 15.2. The van der Waals surface area contributed by atoms with Crippen LogP contribution in [0.15, 0.2) is 54.6 Å². The summed E-state index contributed by atoms with van der Waals surface area (Å²) < 4.78 is 15.2. The number of aryl methyl sites for hydroxylation is 1. The predicted octanol–water partition coefficient (Wildman–Crippen LogP) is 2.88. The van der Waals surface area contributed by atoms with Gasteiger partial charge in [-0.2, -0.15) is 0 Å². The highest BCUT2D eigenvalue weighted by molar-refractivity contribution is 6.01. The second-order valence-electron chi connectivity index (χ2n) is 8.08. The van der Waals surface area contributed by atoms with E-state index in [1.165, 1.54) is 12.1 Å². The highest BCUT2D eigenvalue weighted by Gasteiger charge is 2.29. The maximum absolute atomic E-state index is 13.6. The Bertz CT molecular complexity index is 1140. The van der Waals surface area contributed by atoms with Crippen molar-refractivity contribution in [3.05, 3.63) is 71.7 Å². The van der Waals surface area contributed by atoms with Gasteiger partial charge in [-0.1, -0.05) is 44.2 Å². The van der Waals surface area contributed by atoms with Gasteiger partial charge in [0.2, 0.25) is 5.91 Å². The van der Waals surface area contributed by atoms with Crippen LogP contribution in [0.1, 0.15) is 29.9 Å². The third-order valence-electron chi connectivity index (χ3n) is 5.37. The molecule has 1 aromatic heterocycles. The fourth-order valence-corrected chi connectivity index (χ4v) is 3.60. The molecule has 1 heterocycles. The van der Waals surface area contributed by atoms with Crippen LogP contribution in [0, 0.1) is 11.7 Å². The summed E-state index contributed by atoms with van der Waals surface area (Å²) in [6, 6.07) is 12.8. The van der Waals surface area contributed by atoms with Gasteiger partial charge in [0.15, 0.2) is 0 Å². The smallest absolute Gasteiger partial charge is 0.326 e. The van der Waals surface area contributed by atoms with E-state index in [0.29, 0.717) is 10.9 Å². The van der Waals surface area contributed by atoms with Gasteiger partial charge >= 0.3 is 5.97 Å². The van der Waals surface area contributed by atoms with Crippen LogP contribution in [0.3, 0.4) is 0 Å². The second kappa shape index (κ2) is 9.64. The summed E-state index contributed by atoms with van der Waals surface area (Å²) in [5.74, 6) is -3.00. The van der Waals surface area contributed by atoms with Crippen molar-refractivity contribution in [2.24, 2.45) is 13.0 Å². The van der Waals surface area contributed by atoms with E-state index in [4.69, 9.17) is 0 Å². The molecule has 0 spiro atoms. The number of carbonyl (C=O) groups excluding carboxylic acids is 2. The number of carbonyl (C=O) groups is 3. The summed E-state index contributed by atoms with van der Waals surface area (Å²) in [4.78, 5) is 37.6. The summed E-state index contributed by atoms with van der Waals surface area (Å²) >= 11 is 0. The number of hydrogen-bond donors (Lipinski definition) is 3. The molecule has 168 valence electrons. The van der Waals surface area contributed by atoms with Crippen molar-refractivity contribution in [2.75, 3.05) is 0 Å². The van der Waals surface area contributed by atoms with Crippen molar-refractivity contribution in [1.82, 2.24) is 15.2 Å². The molecule has 3 rings (SSSR count). The Morgan fingerprint density at radius 2 is 1.72 bits per heavy atom. The third kappa shape index (κ3) is 5.14. The van der Waals surface area contributed by atoms with Crippen LogP contribution in [-0.2, 0) is 23.1 Å². The number of carboxylic acids is 1. The second-order valence-corrected chi connectivity index (χ2v) is 8.08. The fourth-order valence-electron chi connectivity index (χ4n) is 3.60. The molecule has 0 bridgehead atoms. The molecule has 0 aliphatic heterocycles. The number of rotatable bonds is 8. The Hall–Kier alpha value is -3.68. The van der Waals surface area contributed by atoms with E-state index in [1.807, 2.05) is 30.3 Å². The zero-order valence-electron chi connectivity index (χ0n) is 18.1. The van der Waals surface area contributed by atoms with Crippen LogP contribution in [-0.4, -0.2) is 39.5 Å². The van der Waals surface area contributed by atoms with Crippen molar-refractivity contribution in [3.8, 4) is 0 Å². The largest absolute Gasteiger partial charge is 0.480 e. The summed E-state index contributed by atoms with van der Waals surface area (Å²) in [7, 11) is 1.68. The van der Waals surface area contributed by atoms with Crippen LogP contribution in [0.4, 0.5) is 4.39 Å². The van der Waals surface area contributed by atoms with Crippen molar-refractivity contribution < 1.29 is 23.9 Å². The van der Waals surface area contributed by atoms with E-state index in [-0.39, 0.29) is 18.0 Å². The Kier molecular flexibility index (Phi) is 6.92. The average Bonchev–Trinajstić information content (AvgIpc) is 3.07. The Morgan fingerprint density at radius 3 is 2.34 bits per heavy atom. The van der Waals surface area contributed by atoms with Gasteiger partial charge in [-0.15, -0.1) is 0 Å². The van der Waals surface area contributed by atoms with E-state index >= 15 is 0 Å². The number of aromatic nitrogens is 1. The maximum atomic E-state index is 13.6. The molecule has 0 saturated heterocycles. The summed E-state index contributed by atoms with van der Waals surface area (Å²) in [5.41, 5.74) is 1.74. The Labute approximate surface area is 185 Å². The van der Waals surface area contributed by atoms with Crippen molar-refractivity contribution >= 4 is 28.7 Å². The van der Waals surface area contributed by atoms with Crippen LogP contribution >= 0.6 is 0 Å². The third-order valence-corrected chi connectivity index (χ3v) is 5.37. The number of hydrogen-bond acceptors (Lipinski definition) is 3. The highest BCUT2D eigenvalue weighted by atomic mass is 19.1. The van der Waals surface area contributed by atoms with E-state index in [9.17, 15) is 23.9 Å². The van der Waals surface area contributed by atoms with Gasteiger partial charge in [0.25, 0.3) is 5.91 Å². The van der Waals surface area contributed by atoms with E-state index in [2.05, 4.69) is 10.6 Å². The quantitative estimate of drug-likeness (QED) is 0.502. The number of fused-ring (bicyclic) bond motifs is 1. The van der Waals surface area contributed by atoms with Crippen LogP contribution < -0.4 is 10.6 Å². The molecule has 2 amide bonds. The van der Waals surface area contributed by atoms with Gasteiger partial charge in [0.05, 0.1) is 0 Å². The lowest BCUT2D eigenvalue weighted by atomic mass is 10.0. The van der Waals surface area contributed by atoms with Gasteiger partial charge in [-0.25, -0.2) is 9.18 Å². The Morgan fingerprint density at radius 1 is 1.03 bits per heavy atom. The molecule has 3 N–H and O–H groups in total. The number of aliphatic carboxylic acids is 1. The molecule has 32 heavy (non-hydrogen) atoms. The first-order chi connectivity index (χ1) is 15.2. The summed E-state index contributed by atoms with van der Waals surface area (Å²) in [6.07, 6.45) is 0.182. The molecule has 8 heteroatoms. The molecule has 3 aromatic rings. The SMILES string of the molecule is CC(C)C(NC(=O)C(Cc1ccccc1)NC(=O)c1cc2cc(F)ccc2n1C)C(=O)O. The minimum atomic E-state index is -1.14. The molecule has 0 aliphatic carbocycles. The van der Waals surface area contributed by atoms with Crippen LogP contribution in [0.25, 0.3) is 10.9 Å². The molecule has 2 aromatic carbocycles. The predicted molar refractivity (Wildman–Crippen MR) is 119 cm³/mol. The highest BCUT2D eigenvalue weighted by Crippen LogP contribution is 2.20. The summed E-state index contributed by atoms with van der Waals surface area (Å²) in [6.45, 7) is 3.39. The molecule has 2 atom stereocenters. The van der Waals surface area contributed by atoms with Crippen molar-refractivity contribution in [3.63, 3.8) is 0 Å². The Balaban J connectivity index is 1.88. The maximum Gasteiger partial charge on any atom is 0.326 e. The lowest BCUT2D eigenvalue weighted by Gasteiger charge is -2.23. The minimum Gasteiger partial charge on any atom is -0.480 e. The number of amides is 2. The molecule has 7 nitrogen and oxygen atoms in total. The molecule has 0 saturated carbocycles. The first kappa shape index (κ1) is 23.0. The van der Waals surface area contributed by atoms with Crippen LogP contribution in [0.5, 0.6) is 0 Å². The number of nitrogens with one attached hydrogen (secondary N) is 2. The lowest BCUT2D eigenvalue weighted by molar-refractivity contribution is -0.143. The number of carboxylic acid groups (broad SMARTS) is 1. The van der Waals surface area contributed by atoms with E-state index in [0.717, 1.165) is 5.56 Å². The van der Waals surface area contributed by atoms with Crippen molar-refractivity contribution in [1.29, 1.82) is 0 Å². The normalized spacial score (nSPS) is 13.0. The average molecular weight is 439 g/mol. The number of nitrogens with zero attached hydrogens (tertiary/aromatic N) is 1. The molecule has 2 unspecified atom stereocenters. The van der Waals surface area contributed by atoms with Gasteiger partial charge in [0.1, 0.15) is 23.6 Å². The topological polar surface area (TPSA) is 100 Å². The van der Waals surface area contributed by atoms with E-state index < -0.39 is 35.7 Å². The zero-order valence-corrected chi connectivity index (χ0v) is 18.1. The zero-order chi connectivity index (χ0) is 23.4. The molecule has 0 aliphatic rings. The van der Waals surface area contributed by atoms with Gasteiger partial charge < -0.3 is 20.3 Å². The minimum absolute atomic E-state index is 0.182. The standard InChI is InChI=1S/C24H26FN3O4/c1-14(2)21(24(31)32)27-22(29)18(11-15-7-5-4-6-8-15)26-23(30)20-13-16-12-17(25)9-10-19(16)28(20)3/h4-10,12-14,18,21H,11H2,1-3H3,(H,26,30)(H,27,29)(H,31,32). The number of halogens is 1. The van der Waals surface area contributed by atoms with Gasteiger partial charge in [-0.05, 0) is 35.7 Å². The molecular formula is C24H26FN3O4. The van der Waals surface area contributed by atoms with Crippen molar-refractivity contribution in [2.45, 2.75) is 32.4 Å².